The Morgan fingerprint density at radius 2 is 1.36 bits per heavy atom. The van der Waals surface area contributed by atoms with Crippen LogP contribution in [0.3, 0.4) is 0 Å². The highest BCUT2D eigenvalue weighted by Crippen LogP contribution is 2.13. The Bertz CT molecular complexity index is 802. The van der Waals surface area contributed by atoms with Crippen molar-refractivity contribution in [3.05, 3.63) is 65.2 Å². The molecule has 5 nitrogen and oxygen atoms in total. The van der Waals surface area contributed by atoms with E-state index in [0.717, 1.165) is 0 Å². The van der Waals surface area contributed by atoms with Crippen molar-refractivity contribution in [1.82, 2.24) is 5.32 Å². The molecule has 5 heteroatoms. The summed E-state index contributed by atoms with van der Waals surface area (Å²) in [6, 6.07) is 13.2. The van der Waals surface area contributed by atoms with Crippen LogP contribution in [0.5, 0.6) is 0 Å². The number of rotatable bonds is 4. The second-order valence-electron chi connectivity index (χ2n) is 6.87. The predicted octanol–water partition coefficient (Wildman–Crippen LogP) is 3.67. The van der Waals surface area contributed by atoms with Crippen LogP contribution in [-0.4, -0.2) is 23.1 Å². The molecule has 0 aliphatic rings. The van der Waals surface area contributed by atoms with Crippen LogP contribution in [0.2, 0.25) is 0 Å². The van der Waals surface area contributed by atoms with Gasteiger partial charge in [-0.3, -0.25) is 14.4 Å². The molecule has 0 aromatic heterocycles. The molecule has 0 heterocycles. The Hall–Kier alpha value is -2.95. The minimum atomic E-state index is -0.353. The first-order valence-electron chi connectivity index (χ1n) is 8.01. The van der Waals surface area contributed by atoms with Gasteiger partial charge in [-0.1, -0.05) is 6.07 Å². The van der Waals surface area contributed by atoms with Crippen LogP contribution in [0.1, 0.15) is 58.8 Å². The Kier molecular flexibility index (Phi) is 5.37. The van der Waals surface area contributed by atoms with Gasteiger partial charge in [0.1, 0.15) is 0 Å². The topological polar surface area (TPSA) is 75.3 Å². The van der Waals surface area contributed by atoms with Gasteiger partial charge >= 0.3 is 0 Å². The quantitative estimate of drug-likeness (QED) is 0.835. The Balaban J connectivity index is 2.13. The Morgan fingerprint density at radius 3 is 1.88 bits per heavy atom. The second-order valence-corrected chi connectivity index (χ2v) is 6.87. The molecule has 0 fully saturated rings. The average molecular weight is 338 g/mol. The maximum Gasteiger partial charge on any atom is 0.255 e. The lowest BCUT2D eigenvalue weighted by molar-refractivity contribution is 0.0918. The number of benzene rings is 2. The normalized spacial score (nSPS) is 10.9. The summed E-state index contributed by atoms with van der Waals surface area (Å²) < 4.78 is 0. The number of anilines is 1. The smallest absolute Gasteiger partial charge is 0.255 e. The van der Waals surface area contributed by atoms with E-state index in [4.69, 9.17) is 0 Å². The van der Waals surface area contributed by atoms with Gasteiger partial charge < -0.3 is 10.6 Å². The van der Waals surface area contributed by atoms with Crippen LogP contribution in [0.4, 0.5) is 5.69 Å². The molecule has 0 bridgehead atoms. The molecule has 0 saturated heterocycles. The Labute approximate surface area is 147 Å². The third-order valence-corrected chi connectivity index (χ3v) is 3.42. The maximum absolute atomic E-state index is 12.4. The zero-order valence-corrected chi connectivity index (χ0v) is 14.8. The lowest BCUT2D eigenvalue weighted by Gasteiger charge is -2.20. The molecule has 0 aliphatic heterocycles. The van der Waals surface area contributed by atoms with Crippen molar-refractivity contribution in [2.24, 2.45) is 0 Å². The van der Waals surface area contributed by atoms with Gasteiger partial charge in [-0.25, -0.2) is 0 Å². The third-order valence-electron chi connectivity index (χ3n) is 3.42. The molecule has 0 atom stereocenters. The van der Waals surface area contributed by atoms with Crippen LogP contribution in [0, 0.1) is 0 Å². The molecule has 2 aromatic carbocycles. The van der Waals surface area contributed by atoms with E-state index in [2.05, 4.69) is 10.6 Å². The highest BCUT2D eigenvalue weighted by atomic mass is 16.2. The fraction of sp³-hybridized carbons (Fsp3) is 0.250. The van der Waals surface area contributed by atoms with Gasteiger partial charge in [0.05, 0.1) is 0 Å². The summed E-state index contributed by atoms with van der Waals surface area (Å²) in [5.74, 6) is -0.579. The first kappa shape index (κ1) is 18.4. The molecule has 0 spiro atoms. The first-order valence-corrected chi connectivity index (χ1v) is 8.01. The molecule has 2 rings (SSSR count). The molecular weight excluding hydrogens is 316 g/mol. The summed E-state index contributed by atoms with van der Waals surface area (Å²) in [7, 11) is 0. The average Bonchev–Trinajstić information content (AvgIpc) is 2.54. The number of carbonyl (C=O) groups is 3. The summed E-state index contributed by atoms with van der Waals surface area (Å²) in [6.07, 6.45) is 0. The van der Waals surface area contributed by atoms with Crippen LogP contribution in [-0.2, 0) is 0 Å². The highest BCUT2D eigenvalue weighted by molar-refractivity contribution is 6.06. The SMILES string of the molecule is CC(=O)c1ccc(NC(=O)c2cccc(C(=O)NC(C)(C)C)c2)cc1. The fourth-order valence-electron chi connectivity index (χ4n) is 2.21. The van der Waals surface area contributed by atoms with Crippen molar-refractivity contribution >= 4 is 23.3 Å². The van der Waals surface area contributed by atoms with E-state index in [1.165, 1.54) is 6.92 Å². The number of ketones is 1. The molecular formula is C20H22N2O3. The highest BCUT2D eigenvalue weighted by Gasteiger charge is 2.16. The number of hydrogen-bond donors (Lipinski definition) is 2. The van der Waals surface area contributed by atoms with Crippen molar-refractivity contribution in [2.75, 3.05) is 5.32 Å². The van der Waals surface area contributed by atoms with E-state index in [9.17, 15) is 14.4 Å². The molecule has 25 heavy (non-hydrogen) atoms. The van der Waals surface area contributed by atoms with E-state index in [-0.39, 0.29) is 23.1 Å². The van der Waals surface area contributed by atoms with Crippen molar-refractivity contribution < 1.29 is 14.4 Å². The number of nitrogens with one attached hydrogen (secondary N) is 2. The molecule has 130 valence electrons. The molecule has 2 aromatic rings. The van der Waals surface area contributed by atoms with Gasteiger partial charge in [0.25, 0.3) is 11.8 Å². The van der Waals surface area contributed by atoms with Gasteiger partial charge in [0.2, 0.25) is 0 Å². The number of hydrogen-bond acceptors (Lipinski definition) is 3. The zero-order valence-electron chi connectivity index (χ0n) is 14.8. The molecule has 0 radical (unpaired) electrons. The maximum atomic E-state index is 12.4. The van der Waals surface area contributed by atoms with Crippen molar-refractivity contribution in [3.8, 4) is 0 Å². The van der Waals surface area contributed by atoms with Gasteiger partial charge in [-0.2, -0.15) is 0 Å². The first-order chi connectivity index (χ1) is 11.7. The number of Topliss-reactive ketones (excluding diaryl/α,β-unsaturated/α-hetero) is 1. The molecule has 2 N–H and O–H groups in total. The lowest BCUT2D eigenvalue weighted by Crippen LogP contribution is -2.40. The van der Waals surface area contributed by atoms with Crippen molar-refractivity contribution in [2.45, 2.75) is 33.2 Å². The standard InChI is InChI=1S/C20H22N2O3/c1-13(23)14-8-10-17(11-9-14)21-18(24)15-6-5-7-16(12-15)19(25)22-20(2,3)4/h5-12H,1-4H3,(H,21,24)(H,22,25). The van der Waals surface area contributed by atoms with Crippen molar-refractivity contribution in [3.63, 3.8) is 0 Å². The van der Waals surface area contributed by atoms with Crippen LogP contribution in [0.15, 0.2) is 48.5 Å². The lowest BCUT2D eigenvalue weighted by atomic mass is 10.1. The van der Waals surface area contributed by atoms with Crippen molar-refractivity contribution in [1.29, 1.82) is 0 Å². The number of amides is 2. The van der Waals surface area contributed by atoms with E-state index in [1.54, 1.807) is 48.5 Å². The summed E-state index contributed by atoms with van der Waals surface area (Å²) in [6.45, 7) is 7.17. The monoisotopic (exact) mass is 338 g/mol. The van der Waals surface area contributed by atoms with Gasteiger partial charge in [-0.15, -0.1) is 0 Å². The summed E-state index contributed by atoms with van der Waals surface area (Å²) in [5.41, 5.74) is 1.62. The summed E-state index contributed by atoms with van der Waals surface area (Å²) >= 11 is 0. The molecule has 0 saturated carbocycles. The molecule has 2 amide bonds. The van der Waals surface area contributed by atoms with Crippen LogP contribution in [0.25, 0.3) is 0 Å². The molecule has 0 aliphatic carbocycles. The summed E-state index contributed by atoms with van der Waals surface area (Å²) in [5, 5.41) is 5.62. The van der Waals surface area contributed by atoms with Gasteiger partial charge in [0.15, 0.2) is 5.78 Å². The van der Waals surface area contributed by atoms with E-state index in [1.807, 2.05) is 20.8 Å². The van der Waals surface area contributed by atoms with E-state index < -0.39 is 0 Å². The predicted molar refractivity (Wildman–Crippen MR) is 98.1 cm³/mol. The third kappa shape index (κ3) is 5.28. The largest absolute Gasteiger partial charge is 0.347 e. The van der Waals surface area contributed by atoms with Crippen LogP contribution < -0.4 is 10.6 Å². The minimum Gasteiger partial charge on any atom is -0.347 e. The zero-order chi connectivity index (χ0) is 18.6. The fourth-order valence-corrected chi connectivity index (χ4v) is 2.21. The second kappa shape index (κ2) is 7.30. The molecule has 0 unspecified atom stereocenters. The van der Waals surface area contributed by atoms with E-state index >= 15 is 0 Å². The van der Waals surface area contributed by atoms with Gasteiger partial charge in [-0.05, 0) is 70.2 Å². The van der Waals surface area contributed by atoms with Crippen LogP contribution >= 0.6 is 0 Å². The minimum absolute atomic E-state index is 0.0320. The summed E-state index contributed by atoms with van der Waals surface area (Å²) in [4.78, 5) is 35.9. The van der Waals surface area contributed by atoms with Gasteiger partial charge in [0, 0.05) is 27.9 Å². The number of carbonyl (C=O) groups excluding carboxylic acids is 3. The van der Waals surface area contributed by atoms with E-state index in [0.29, 0.717) is 22.4 Å². The Morgan fingerprint density at radius 1 is 0.800 bits per heavy atom.